The summed E-state index contributed by atoms with van der Waals surface area (Å²) in [6.07, 6.45) is -13.9. The summed E-state index contributed by atoms with van der Waals surface area (Å²) in [7, 11) is 14.6. The Hall–Kier alpha value is -0.840. The Morgan fingerprint density at radius 2 is 0.453 bits per heavy atom. The van der Waals surface area contributed by atoms with Gasteiger partial charge in [0.25, 0.3) is 0 Å². The molecule has 22 aliphatic rings. The molecule has 22 aliphatic heterocycles. The van der Waals surface area contributed by atoms with Crippen molar-refractivity contribution in [1.29, 1.82) is 0 Å². The highest BCUT2D eigenvalue weighted by Crippen LogP contribution is 2.45. The predicted octanol–water partition coefficient (Wildman–Crippen LogP) is 4.74. The van der Waals surface area contributed by atoms with Crippen LogP contribution < -0.4 is 0 Å². The molecule has 0 saturated carbocycles. The lowest BCUT2D eigenvalue weighted by Crippen LogP contribution is -2.68. The van der Waals surface area contributed by atoms with Crippen molar-refractivity contribution in [3.8, 4) is 0 Å². The SMILES string of the molecule is CCC1OC2O[C@@H]3C(CC)O[C@@H](O[C@@H]4C(COC)O[C@@H](O[C@@H]5C(COC)O[C@@H](O[C@@H]6C(COC)O[C@@H](O[C@@H]7C(CC)O[C@@H](OC1[C@H](OC)[C@@H]2OC)C(OC)[C@H]7OC)C(OC)[C@H]6OC)C(C)[C@H]5C)C(C)[C@H]4C)C(C)[C@H]3C. The Bertz CT molecular complexity index is 1670. The monoisotopic (exact) mass is 1080 g/mol. The van der Waals surface area contributed by atoms with Crippen molar-refractivity contribution in [2.75, 3.05) is 83.8 Å². The van der Waals surface area contributed by atoms with E-state index in [-0.39, 0.29) is 73.6 Å². The second-order valence-electron chi connectivity index (χ2n) is 21.8. The predicted molar refractivity (Wildman–Crippen MR) is 267 cm³/mol. The maximum Gasteiger partial charge on any atom is 0.187 e. The Morgan fingerprint density at radius 1 is 0.240 bits per heavy atom. The molecule has 0 spiro atoms. The van der Waals surface area contributed by atoms with Crippen LogP contribution in [0.25, 0.3) is 0 Å². The molecule has 21 nitrogen and oxygen atoms in total. The largest absolute Gasteiger partial charge is 0.382 e. The first-order valence-electron chi connectivity index (χ1n) is 27.6. The zero-order valence-electron chi connectivity index (χ0n) is 48.1. The second-order valence-corrected chi connectivity index (χ2v) is 21.8. The Balaban J connectivity index is 1.27. The first-order valence-corrected chi connectivity index (χ1v) is 27.6. The molecule has 438 valence electrons. The summed E-state index contributed by atoms with van der Waals surface area (Å²) in [5, 5.41) is 0. The summed E-state index contributed by atoms with van der Waals surface area (Å²) in [5.41, 5.74) is 0. The molecule has 13 unspecified atom stereocenters. The van der Waals surface area contributed by atoms with Gasteiger partial charge in [0.05, 0.1) is 56.4 Å². The topological polar surface area (TPSA) is 194 Å². The van der Waals surface area contributed by atoms with Gasteiger partial charge < -0.3 is 99.5 Å². The normalized spacial score (nSPS) is 50.2. The quantitative estimate of drug-likeness (QED) is 0.218. The third kappa shape index (κ3) is 12.8. The van der Waals surface area contributed by atoms with E-state index in [1.165, 1.54) is 0 Å². The van der Waals surface area contributed by atoms with Crippen molar-refractivity contribution in [1.82, 2.24) is 0 Å². The Morgan fingerprint density at radius 3 is 0.760 bits per heavy atom. The van der Waals surface area contributed by atoms with Gasteiger partial charge in [-0.1, -0.05) is 62.3 Å². The van der Waals surface area contributed by atoms with Crippen molar-refractivity contribution >= 4 is 0 Å². The average Bonchev–Trinajstić information content (AvgIpc) is 3.41. The van der Waals surface area contributed by atoms with Crippen LogP contribution in [0, 0.1) is 35.5 Å². The molecule has 22 saturated heterocycles. The Labute approximate surface area is 446 Å². The standard InChI is InChI=1S/C54H96O21/c1-19-31-37-25(4)28(7)49(64-31)70-38-26(5)29(8)50(67-34(38)22-55-10)71-39-27(6)30(9)51(68-35(39)23-56-11)73-42-36(24-57-12)69-54(48(63-18)45(42)60-15)75-41-33(21-3)66-53(47(62-17)44(41)59-14)74-40-32(20-2)65-52(72-37)46(61-16)43(40)58-13/h25-54H,19-24H2,1-18H3/t25-,26-,27-,28?,29?,30?,31?,32?,33?,34?,35?,36?,37+,38+,39+,40?,41-,42-,43+,44+,45+,46+,47?,48?,49+,50+,51+,52?,53+,54+/m1/s1. The summed E-state index contributed by atoms with van der Waals surface area (Å²) in [5.74, 6) is -0.549. The van der Waals surface area contributed by atoms with Gasteiger partial charge in [0, 0.05) is 81.7 Å². The Kier molecular flexibility index (Phi) is 23.3. The molecular weight excluding hydrogens is 985 g/mol. The molecule has 0 radical (unpaired) electrons. The first-order chi connectivity index (χ1) is 36.1. The smallest absolute Gasteiger partial charge is 0.187 e. The van der Waals surface area contributed by atoms with Crippen LogP contribution in [0.2, 0.25) is 0 Å². The minimum absolute atomic E-state index is 0.0315. The number of rotatable bonds is 15. The fraction of sp³-hybridized carbons (Fsp3) is 1.00. The van der Waals surface area contributed by atoms with Crippen LogP contribution in [0.4, 0.5) is 0 Å². The van der Waals surface area contributed by atoms with Gasteiger partial charge in [0.15, 0.2) is 37.7 Å². The lowest BCUT2D eigenvalue weighted by Gasteiger charge is -2.53. The molecule has 0 aliphatic carbocycles. The molecule has 0 aromatic carbocycles. The maximum absolute atomic E-state index is 7.10. The van der Waals surface area contributed by atoms with Gasteiger partial charge in [-0.25, -0.2) is 0 Å². The van der Waals surface area contributed by atoms with Crippen molar-refractivity contribution in [3.05, 3.63) is 0 Å². The van der Waals surface area contributed by atoms with Gasteiger partial charge in [-0.2, -0.15) is 0 Å². The summed E-state index contributed by atoms with van der Waals surface area (Å²) < 4.78 is 139. The van der Waals surface area contributed by atoms with Crippen molar-refractivity contribution in [3.63, 3.8) is 0 Å². The van der Waals surface area contributed by atoms with E-state index < -0.39 is 129 Å². The molecule has 0 amide bonds. The van der Waals surface area contributed by atoms with Gasteiger partial charge in [0.1, 0.15) is 73.2 Å². The van der Waals surface area contributed by atoms with E-state index in [4.69, 9.17) is 99.5 Å². The summed E-state index contributed by atoms with van der Waals surface area (Å²) in [6.45, 7) is 19.7. The highest BCUT2D eigenvalue weighted by Gasteiger charge is 2.58. The van der Waals surface area contributed by atoms with Gasteiger partial charge in [0.2, 0.25) is 0 Å². The molecular formula is C54H96O21. The van der Waals surface area contributed by atoms with Gasteiger partial charge in [-0.15, -0.1) is 0 Å². The van der Waals surface area contributed by atoms with Gasteiger partial charge >= 0.3 is 0 Å². The molecule has 30 atom stereocenters. The maximum atomic E-state index is 7.10. The zero-order chi connectivity index (χ0) is 54.4. The molecule has 0 aromatic heterocycles. The molecule has 22 heterocycles. The van der Waals surface area contributed by atoms with Crippen LogP contribution in [-0.2, 0) is 99.5 Å². The fourth-order valence-corrected chi connectivity index (χ4v) is 12.7. The highest BCUT2D eigenvalue weighted by atomic mass is 16.8. The number of hydrogen-bond donors (Lipinski definition) is 0. The van der Waals surface area contributed by atoms with Crippen LogP contribution in [0.15, 0.2) is 0 Å². The number of ether oxygens (including phenoxy) is 21. The van der Waals surface area contributed by atoms with E-state index in [2.05, 4.69) is 48.5 Å². The average molecular weight is 1080 g/mol. The van der Waals surface area contributed by atoms with Gasteiger partial charge in [-0.05, 0) is 37.0 Å². The number of methoxy groups -OCH3 is 9. The van der Waals surface area contributed by atoms with E-state index >= 15 is 0 Å². The van der Waals surface area contributed by atoms with E-state index in [0.29, 0.717) is 19.3 Å². The third-order valence-electron chi connectivity index (χ3n) is 17.7. The van der Waals surface area contributed by atoms with E-state index in [0.717, 1.165) is 0 Å². The fourth-order valence-electron chi connectivity index (χ4n) is 12.7. The lowest BCUT2D eigenvalue weighted by molar-refractivity contribution is -0.398. The van der Waals surface area contributed by atoms with Crippen molar-refractivity contribution in [2.45, 2.75) is 229 Å². The lowest BCUT2D eigenvalue weighted by atomic mass is 9.81. The van der Waals surface area contributed by atoms with E-state index in [1.54, 1.807) is 64.0 Å². The highest BCUT2D eigenvalue weighted by molar-refractivity contribution is 5.01. The molecule has 21 heteroatoms. The molecule has 0 N–H and O–H groups in total. The van der Waals surface area contributed by atoms with Crippen LogP contribution in [0.1, 0.15) is 81.6 Å². The van der Waals surface area contributed by atoms with E-state index in [9.17, 15) is 0 Å². The van der Waals surface area contributed by atoms with Gasteiger partial charge in [-0.3, -0.25) is 0 Å². The second kappa shape index (κ2) is 28.2. The summed E-state index contributed by atoms with van der Waals surface area (Å²) in [6, 6.07) is 0. The van der Waals surface area contributed by atoms with Crippen LogP contribution in [-0.4, -0.2) is 231 Å². The summed E-state index contributed by atoms with van der Waals surface area (Å²) >= 11 is 0. The minimum atomic E-state index is -1.00. The molecule has 0 aromatic rings. The first kappa shape index (κ1) is 61.8. The van der Waals surface area contributed by atoms with E-state index in [1.807, 2.05) is 13.8 Å². The van der Waals surface area contributed by atoms with Crippen molar-refractivity contribution in [2.24, 2.45) is 35.5 Å². The van der Waals surface area contributed by atoms with Crippen LogP contribution in [0.5, 0.6) is 0 Å². The number of hydrogen-bond acceptors (Lipinski definition) is 21. The molecule has 22 rings (SSSR count). The van der Waals surface area contributed by atoms with Crippen molar-refractivity contribution < 1.29 is 99.5 Å². The summed E-state index contributed by atoms with van der Waals surface area (Å²) in [4.78, 5) is 0. The molecule has 75 heavy (non-hydrogen) atoms. The molecule has 22 fully saturated rings. The molecule has 12 bridgehead atoms. The third-order valence-corrected chi connectivity index (χ3v) is 17.7. The minimum Gasteiger partial charge on any atom is -0.382 e. The zero-order valence-corrected chi connectivity index (χ0v) is 48.1. The van der Waals surface area contributed by atoms with Crippen LogP contribution in [0.3, 0.4) is 0 Å². The van der Waals surface area contributed by atoms with Crippen LogP contribution >= 0.6 is 0 Å².